The summed E-state index contributed by atoms with van der Waals surface area (Å²) in [7, 11) is -1.71. The van der Waals surface area contributed by atoms with Crippen LogP contribution in [0.15, 0.2) is 42.5 Å². The van der Waals surface area contributed by atoms with Gasteiger partial charge in [0.2, 0.25) is 10.0 Å². The largest absolute Gasteiger partial charge is 0.497 e. The molecule has 136 valence electrons. The second kappa shape index (κ2) is 6.89. The van der Waals surface area contributed by atoms with Crippen LogP contribution in [-0.2, 0) is 10.0 Å². The van der Waals surface area contributed by atoms with Crippen LogP contribution in [0.5, 0.6) is 5.75 Å². The maximum atomic E-state index is 11.4. The van der Waals surface area contributed by atoms with Gasteiger partial charge in [-0.15, -0.1) is 0 Å². The summed E-state index contributed by atoms with van der Waals surface area (Å²) >= 11 is 0. The van der Waals surface area contributed by atoms with Crippen molar-refractivity contribution in [3.05, 3.63) is 53.6 Å². The first kappa shape index (κ1) is 18.1. The van der Waals surface area contributed by atoms with E-state index in [1.807, 2.05) is 30.3 Å². The standard InChI is InChI=1S/C19H21N3O3S/c1-4-22-18-10-9-15(25-2)11-16(18)17(12-20)19(22)13-5-7-14(8-6-13)21-26(3,23)24/h5-11,17,19,21H,4H2,1-3H3. The van der Waals surface area contributed by atoms with E-state index >= 15 is 0 Å². The van der Waals surface area contributed by atoms with E-state index in [1.54, 1.807) is 19.2 Å². The van der Waals surface area contributed by atoms with Gasteiger partial charge in [0.15, 0.2) is 0 Å². The Labute approximate surface area is 154 Å². The number of hydrogen-bond acceptors (Lipinski definition) is 5. The number of nitrogens with zero attached hydrogens (tertiary/aromatic N) is 2. The molecule has 0 amide bonds. The van der Waals surface area contributed by atoms with E-state index in [2.05, 4.69) is 22.6 Å². The summed E-state index contributed by atoms with van der Waals surface area (Å²) in [5.74, 6) is 0.405. The van der Waals surface area contributed by atoms with Crippen molar-refractivity contribution in [1.29, 1.82) is 5.26 Å². The maximum Gasteiger partial charge on any atom is 0.229 e. The number of fused-ring (bicyclic) bond motifs is 1. The van der Waals surface area contributed by atoms with Crippen molar-refractivity contribution in [2.45, 2.75) is 18.9 Å². The topological polar surface area (TPSA) is 82.4 Å². The number of nitrogens with one attached hydrogen (secondary N) is 1. The summed E-state index contributed by atoms with van der Waals surface area (Å²) in [6.07, 6.45) is 1.12. The number of sulfonamides is 1. The Morgan fingerprint density at radius 2 is 1.92 bits per heavy atom. The monoisotopic (exact) mass is 371 g/mol. The normalized spacial score (nSPS) is 18.9. The van der Waals surface area contributed by atoms with Gasteiger partial charge in [-0.05, 0) is 48.4 Å². The molecule has 2 atom stereocenters. The van der Waals surface area contributed by atoms with E-state index in [-0.39, 0.29) is 12.0 Å². The van der Waals surface area contributed by atoms with E-state index in [9.17, 15) is 13.7 Å². The Morgan fingerprint density at radius 3 is 2.46 bits per heavy atom. The molecule has 0 radical (unpaired) electrons. The summed E-state index contributed by atoms with van der Waals surface area (Å²) in [5.41, 5.74) is 3.46. The summed E-state index contributed by atoms with van der Waals surface area (Å²) in [6, 6.07) is 15.3. The quantitative estimate of drug-likeness (QED) is 0.872. The highest BCUT2D eigenvalue weighted by molar-refractivity contribution is 7.92. The molecule has 0 aliphatic carbocycles. The smallest absolute Gasteiger partial charge is 0.229 e. The van der Waals surface area contributed by atoms with E-state index < -0.39 is 10.0 Å². The van der Waals surface area contributed by atoms with Crippen LogP contribution in [-0.4, -0.2) is 28.3 Å². The zero-order valence-corrected chi connectivity index (χ0v) is 15.7. The molecule has 2 aromatic carbocycles. The first-order valence-electron chi connectivity index (χ1n) is 8.30. The molecule has 26 heavy (non-hydrogen) atoms. The molecule has 0 spiro atoms. The lowest BCUT2D eigenvalue weighted by molar-refractivity contribution is 0.414. The molecule has 0 fully saturated rings. The number of anilines is 2. The zero-order chi connectivity index (χ0) is 18.9. The van der Waals surface area contributed by atoms with Crippen molar-refractivity contribution < 1.29 is 13.2 Å². The molecule has 0 saturated carbocycles. The fraction of sp³-hybridized carbons (Fsp3) is 0.316. The second-order valence-corrected chi connectivity index (χ2v) is 8.01. The second-order valence-electron chi connectivity index (χ2n) is 6.26. The number of benzene rings is 2. The first-order valence-corrected chi connectivity index (χ1v) is 10.2. The highest BCUT2D eigenvalue weighted by Gasteiger charge is 2.39. The predicted molar refractivity (Wildman–Crippen MR) is 102 cm³/mol. The van der Waals surface area contributed by atoms with Crippen molar-refractivity contribution in [2.75, 3.05) is 29.5 Å². The lowest BCUT2D eigenvalue weighted by atomic mass is 9.91. The van der Waals surface area contributed by atoms with Gasteiger partial charge in [-0.1, -0.05) is 12.1 Å². The summed E-state index contributed by atoms with van der Waals surface area (Å²) < 4.78 is 30.5. The molecule has 2 unspecified atom stereocenters. The van der Waals surface area contributed by atoms with Crippen molar-refractivity contribution >= 4 is 21.4 Å². The van der Waals surface area contributed by atoms with Crippen LogP contribution in [0.25, 0.3) is 0 Å². The summed E-state index contributed by atoms with van der Waals surface area (Å²) in [4.78, 5) is 2.20. The van der Waals surface area contributed by atoms with Crippen LogP contribution in [0.4, 0.5) is 11.4 Å². The fourth-order valence-electron chi connectivity index (χ4n) is 3.51. The lowest BCUT2D eigenvalue weighted by Gasteiger charge is -2.28. The molecule has 0 aromatic heterocycles. The SMILES string of the molecule is CCN1c2ccc(OC)cc2C(C#N)C1c1ccc(NS(C)(=O)=O)cc1. The van der Waals surface area contributed by atoms with E-state index in [1.165, 1.54) is 0 Å². The van der Waals surface area contributed by atoms with Gasteiger partial charge in [0.1, 0.15) is 5.75 Å². The van der Waals surface area contributed by atoms with Crippen LogP contribution >= 0.6 is 0 Å². The van der Waals surface area contributed by atoms with Gasteiger partial charge in [0.25, 0.3) is 0 Å². The van der Waals surface area contributed by atoms with Crippen LogP contribution in [0.3, 0.4) is 0 Å². The molecule has 1 N–H and O–H groups in total. The van der Waals surface area contributed by atoms with Gasteiger partial charge in [0, 0.05) is 17.9 Å². The number of likely N-dealkylation sites (N-methyl/N-ethyl adjacent to an activating group) is 1. The molecular weight excluding hydrogens is 350 g/mol. The van der Waals surface area contributed by atoms with Crippen molar-refractivity contribution in [3.63, 3.8) is 0 Å². The molecule has 1 aliphatic rings. The number of ether oxygens (including phenoxy) is 1. The van der Waals surface area contributed by atoms with Crippen LogP contribution < -0.4 is 14.4 Å². The average molecular weight is 371 g/mol. The van der Waals surface area contributed by atoms with Gasteiger partial charge in [0.05, 0.1) is 31.4 Å². The van der Waals surface area contributed by atoms with Crippen molar-refractivity contribution in [3.8, 4) is 11.8 Å². The number of nitriles is 1. The zero-order valence-electron chi connectivity index (χ0n) is 14.9. The third-order valence-electron chi connectivity index (χ3n) is 4.57. The van der Waals surface area contributed by atoms with E-state index in [4.69, 9.17) is 4.74 Å². The average Bonchev–Trinajstić information content (AvgIpc) is 2.93. The Bertz CT molecular complexity index is 949. The van der Waals surface area contributed by atoms with Gasteiger partial charge >= 0.3 is 0 Å². The minimum atomic E-state index is -3.32. The number of rotatable bonds is 5. The summed E-state index contributed by atoms with van der Waals surface area (Å²) in [6.45, 7) is 2.81. The lowest BCUT2D eigenvalue weighted by Crippen LogP contribution is -2.26. The number of hydrogen-bond donors (Lipinski definition) is 1. The molecule has 1 aliphatic heterocycles. The highest BCUT2D eigenvalue weighted by Crippen LogP contribution is 2.49. The third kappa shape index (κ3) is 3.33. The first-order chi connectivity index (χ1) is 12.4. The Hall–Kier alpha value is -2.72. The highest BCUT2D eigenvalue weighted by atomic mass is 32.2. The predicted octanol–water partition coefficient (Wildman–Crippen LogP) is 3.26. The molecular formula is C19H21N3O3S. The molecule has 0 bridgehead atoms. The summed E-state index contributed by atoms with van der Waals surface area (Å²) in [5, 5.41) is 9.82. The van der Waals surface area contributed by atoms with E-state index in [0.717, 1.165) is 35.4 Å². The van der Waals surface area contributed by atoms with Crippen molar-refractivity contribution in [2.24, 2.45) is 0 Å². The van der Waals surface area contributed by atoms with Crippen molar-refractivity contribution in [1.82, 2.24) is 0 Å². The van der Waals surface area contributed by atoms with Crippen LogP contribution in [0.1, 0.15) is 30.0 Å². The fourth-order valence-corrected chi connectivity index (χ4v) is 4.08. The van der Waals surface area contributed by atoms with Gasteiger partial charge in [-0.3, -0.25) is 4.72 Å². The van der Waals surface area contributed by atoms with Gasteiger partial charge in [-0.2, -0.15) is 5.26 Å². The molecule has 0 saturated heterocycles. The Kier molecular flexibility index (Phi) is 4.79. The third-order valence-corrected chi connectivity index (χ3v) is 5.17. The molecule has 7 heteroatoms. The Morgan fingerprint density at radius 1 is 1.23 bits per heavy atom. The Balaban J connectivity index is 2.00. The van der Waals surface area contributed by atoms with Gasteiger partial charge < -0.3 is 9.64 Å². The van der Waals surface area contributed by atoms with Crippen LogP contribution in [0, 0.1) is 11.3 Å². The molecule has 1 heterocycles. The minimum absolute atomic E-state index is 0.126. The van der Waals surface area contributed by atoms with Crippen LogP contribution in [0.2, 0.25) is 0 Å². The maximum absolute atomic E-state index is 11.4. The molecule has 6 nitrogen and oxygen atoms in total. The molecule has 3 rings (SSSR count). The van der Waals surface area contributed by atoms with Gasteiger partial charge in [-0.25, -0.2) is 8.42 Å². The molecule has 2 aromatic rings. The number of methoxy groups -OCH3 is 1. The minimum Gasteiger partial charge on any atom is -0.497 e. The van der Waals surface area contributed by atoms with E-state index in [0.29, 0.717) is 5.69 Å².